The van der Waals surface area contributed by atoms with Crippen LogP contribution in [0.5, 0.6) is 23.0 Å². The van der Waals surface area contributed by atoms with E-state index < -0.39 is 23.5 Å². The fourth-order valence-corrected chi connectivity index (χ4v) is 4.39. The van der Waals surface area contributed by atoms with Crippen molar-refractivity contribution in [2.75, 3.05) is 25.2 Å². The minimum atomic E-state index is -1.06. The molecule has 1 heterocycles. The Morgan fingerprint density at radius 1 is 0.946 bits per heavy atom. The van der Waals surface area contributed by atoms with Crippen molar-refractivity contribution in [1.29, 1.82) is 0 Å². The van der Waals surface area contributed by atoms with Gasteiger partial charge in [-0.2, -0.15) is 0 Å². The highest BCUT2D eigenvalue weighted by atomic mass is 35.5. The van der Waals surface area contributed by atoms with Crippen molar-refractivity contribution >= 4 is 34.7 Å². The normalized spacial score (nSPS) is 16.6. The van der Waals surface area contributed by atoms with E-state index in [4.69, 9.17) is 25.8 Å². The predicted molar refractivity (Wildman–Crippen MR) is 140 cm³/mol. The number of halogens is 1. The maximum atomic E-state index is 13.4. The molecule has 1 unspecified atom stereocenters. The molecular weight excluding hydrogens is 498 g/mol. The molecule has 1 fully saturated rings. The first kappa shape index (κ1) is 25.9. The number of benzene rings is 3. The summed E-state index contributed by atoms with van der Waals surface area (Å²) >= 11 is 6.04. The Morgan fingerprint density at radius 2 is 1.65 bits per heavy atom. The number of phenolic OH excluding ortho intramolecular Hbond substituents is 1. The van der Waals surface area contributed by atoms with Gasteiger partial charge in [0.25, 0.3) is 11.7 Å². The molecule has 0 saturated carbocycles. The van der Waals surface area contributed by atoms with Gasteiger partial charge in [0.05, 0.1) is 37.5 Å². The molecule has 3 aromatic rings. The van der Waals surface area contributed by atoms with Crippen molar-refractivity contribution in [3.63, 3.8) is 0 Å². The van der Waals surface area contributed by atoms with Crippen molar-refractivity contribution in [1.82, 2.24) is 0 Å². The summed E-state index contributed by atoms with van der Waals surface area (Å²) in [4.78, 5) is 28.0. The number of nitrogens with zero attached hydrogens (tertiary/aromatic N) is 1. The molecule has 8 nitrogen and oxygen atoms in total. The molecule has 0 spiro atoms. The Labute approximate surface area is 219 Å². The van der Waals surface area contributed by atoms with Crippen LogP contribution in [0, 0.1) is 0 Å². The first-order chi connectivity index (χ1) is 17.8. The Bertz CT molecular complexity index is 1370. The fraction of sp³-hybridized carbons (Fsp3) is 0.214. The molecular formula is C28H26ClNO7. The van der Waals surface area contributed by atoms with Gasteiger partial charge in [0.1, 0.15) is 17.3 Å². The molecule has 37 heavy (non-hydrogen) atoms. The number of hydrogen-bond donors (Lipinski definition) is 2. The van der Waals surface area contributed by atoms with Crippen molar-refractivity contribution in [2.45, 2.75) is 19.9 Å². The Kier molecular flexibility index (Phi) is 7.59. The van der Waals surface area contributed by atoms with E-state index in [0.29, 0.717) is 41.0 Å². The van der Waals surface area contributed by atoms with Gasteiger partial charge in [-0.15, -0.1) is 0 Å². The number of anilines is 1. The highest BCUT2D eigenvalue weighted by Crippen LogP contribution is 2.45. The number of carbonyl (C=O) groups is 2. The molecule has 0 radical (unpaired) electrons. The monoisotopic (exact) mass is 523 g/mol. The van der Waals surface area contributed by atoms with E-state index in [1.807, 2.05) is 6.92 Å². The Hall–Kier alpha value is -4.17. The van der Waals surface area contributed by atoms with E-state index in [0.717, 1.165) is 0 Å². The van der Waals surface area contributed by atoms with Crippen LogP contribution in [0.4, 0.5) is 5.69 Å². The lowest BCUT2D eigenvalue weighted by Crippen LogP contribution is -2.29. The number of aromatic hydroxyl groups is 1. The molecule has 1 atom stereocenters. The largest absolute Gasteiger partial charge is 0.507 e. The third-order valence-corrected chi connectivity index (χ3v) is 6.14. The molecule has 0 bridgehead atoms. The van der Waals surface area contributed by atoms with Gasteiger partial charge in [-0.25, -0.2) is 0 Å². The fourth-order valence-electron chi connectivity index (χ4n) is 4.27. The van der Waals surface area contributed by atoms with Crippen LogP contribution in [0.3, 0.4) is 0 Å². The number of phenols is 1. The third-order valence-electron chi connectivity index (χ3n) is 5.89. The van der Waals surface area contributed by atoms with Gasteiger partial charge >= 0.3 is 0 Å². The number of ketones is 1. The standard InChI is InChI=1S/C28H26ClNO7/c1-4-36-19-11-12-20(23(15-19)37-5-2)26(32)24-25(16-6-13-22(35-3)21(31)14-16)30(28(34)27(24)33)18-9-7-17(29)8-10-18/h6-15,25,31-32H,4-5H2,1-3H3/b26-24-. The molecule has 2 N–H and O–H groups in total. The molecule has 1 amide bonds. The highest BCUT2D eigenvalue weighted by Gasteiger charge is 2.47. The lowest BCUT2D eigenvalue weighted by molar-refractivity contribution is -0.132. The minimum Gasteiger partial charge on any atom is -0.507 e. The van der Waals surface area contributed by atoms with Crippen LogP contribution in [0.2, 0.25) is 5.02 Å². The van der Waals surface area contributed by atoms with Crippen LogP contribution in [-0.4, -0.2) is 42.2 Å². The Balaban J connectivity index is 1.95. The minimum absolute atomic E-state index is 0.158. The van der Waals surface area contributed by atoms with Crippen molar-refractivity contribution in [2.24, 2.45) is 0 Å². The lowest BCUT2D eigenvalue weighted by Gasteiger charge is -2.26. The van der Waals surface area contributed by atoms with Gasteiger partial charge in [0.2, 0.25) is 0 Å². The van der Waals surface area contributed by atoms with Crippen LogP contribution >= 0.6 is 11.6 Å². The quantitative estimate of drug-likeness (QED) is 0.229. The number of rotatable bonds is 8. The third kappa shape index (κ3) is 4.93. The zero-order valence-electron chi connectivity index (χ0n) is 20.5. The summed E-state index contributed by atoms with van der Waals surface area (Å²) in [6.07, 6.45) is 0. The molecule has 3 aromatic carbocycles. The van der Waals surface area contributed by atoms with Gasteiger partial charge in [0, 0.05) is 16.8 Å². The van der Waals surface area contributed by atoms with E-state index >= 15 is 0 Å². The maximum absolute atomic E-state index is 13.4. The molecule has 4 rings (SSSR count). The number of hydrogen-bond acceptors (Lipinski definition) is 7. The second kappa shape index (κ2) is 10.8. The summed E-state index contributed by atoms with van der Waals surface area (Å²) in [5, 5.41) is 22.4. The predicted octanol–water partition coefficient (Wildman–Crippen LogP) is 5.48. The van der Waals surface area contributed by atoms with Crippen LogP contribution < -0.4 is 19.1 Å². The first-order valence-electron chi connectivity index (χ1n) is 11.6. The summed E-state index contributed by atoms with van der Waals surface area (Å²) in [7, 11) is 1.41. The van der Waals surface area contributed by atoms with E-state index in [1.165, 1.54) is 24.1 Å². The second-order valence-electron chi connectivity index (χ2n) is 8.10. The summed E-state index contributed by atoms with van der Waals surface area (Å²) in [5.41, 5.74) is 0.845. The molecule has 192 valence electrons. The Morgan fingerprint density at radius 3 is 2.27 bits per heavy atom. The number of ether oxygens (including phenoxy) is 3. The summed E-state index contributed by atoms with van der Waals surface area (Å²) < 4.78 is 16.4. The van der Waals surface area contributed by atoms with Gasteiger partial charge < -0.3 is 24.4 Å². The molecule has 1 aliphatic heterocycles. The average Bonchev–Trinajstić information content (AvgIpc) is 3.15. The van der Waals surface area contributed by atoms with E-state index in [9.17, 15) is 19.8 Å². The molecule has 0 aromatic heterocycles. The van der Waals surface area contributed by atoms with Gasteiger partial charge in [-0.1, -0.05) is 17.7 Å². The second-order valence-corrected chi connectivity index (χ2v) is 8.54. The maximum Gasteiger partial charge on any atom is 0.300 e. The average molecular weight is 524 g/mol. The van der Waals surface area contributed by atoms with E-state index in [-0.39, 0.29) is 22.6 Å². The number of aliphatic hydroxyl groups excluding tert-OH is 1. The number of aliphatic hydroxyl groups is 1. The summed E-state index contributed by atoms with van der Waals surface area (Å²) in [6.45, 7) is 4.36. The topological polar surface area (TPSA) is 106 Å². The SMILES string of the molecule is CCOc1ccc(/C(O)=C2/C(=O)C(=O)N(c3ccc(Cl)cc3)C2c2ccc(OC)c(O)c2)c(OCC)c1. The number of Topliss-reactive ketones (excluding diaryl/α,β-unsaturated/α-hetero) is 1. The molecule has 0 aliphatic carbocycles. The van der Waals surface area contributed by atoms with Crippen molar-refractivity contribution in [3.8, 4) is 23.0 Å². The van der Waals surface area contributed by atoms with Crippen LogP contribution in [-0.2, 0) is 9.59 Å². The number of carbonyl (C=O) groups excluding carboxylic acids is 2. The number of methoxy groups -OCH3 is 1. The van der Waals surface area contributed by atoms with Gasteiger partial charge in [-0.05, 0) is 67.9 Å². The molecule has 9 heteroatoms. The number of amides is 1. The van der Waals surface area contributed by atoms with E-state index in [1.54, 1.807) is 55.5 Å². The summed E-state index contributed by atoms with van der Waals surface area (Å²) in [5.74, 6) is -1.28. The zero-order chi connectivity index (χ0) is 26.7. The molecule has 1 saturated heterocycles. The van der Waals surface area contributed by atoms with Crippen molar-refractivity contribution in [3.05, 3.63) is 82.4 Å². The van der Waals surface area contributed by atoms with Crippen LogP contribution in [0.25, 0.3) is 5.76 Å². The smallest absolute Gasteiger partial charge is 0.300 e. The summed E-state index contributed by atoms with van der Waals surface area (Å²) in [6, 6.07) is 14.7. The lowest BCUT2D eigenvalue weighted by atomic mass is 9.94. The molecule has 1 aliphatic rings. The van der Waals surface area contributed by atoms with Gasteiger partial charge in [-0.3, -0.25) is 14.5 Å². The van der Waals surface area contributed by atoms with E-state index in [2.05, 4.69) is 0 Å². The van der Waals surface area contributed by atoms with Crippen LogP contribution in [0.1, 0.15) is 31.0 Å². The highest BCUT2D eigenvalue weighted by molar-refractivity contribution is 6.51. The van der Waals surface area contributed by atoms with Crippen LogP contribution in [0.15, 0.2) is 66.2 Å². The zero-order valence-corrected chi connectivity index (χ0v) is 21.3. The first-order valence-corrected chi connectivity index (χ1v) is 12.0. The van der Waals surface area contributed by atoms with Gasteiger partial charge in [0.15, 0.2) is 11.5 Å². The van der Waals surface area contributed by atoms with Crippen molar-refractivity contribution < 1.29 is 34.0 Å².